The lowest BCUT2D eigenvalue weighted by atomic mass is 10.1. The van der Waals surface area contributed by atoms with Crippen molar-refractivity contribution in [2.24, 2.45) is 10.9 Å². The van der Waals surface area contributed by atoms with Crippen LogP contribution in [0.3, 0.4) is 0 Å². The van der Waals surface area contributed by atoms with Crippen molar-refractivity contribution >= 4 is 11.7 Å². The normalized spacial score (nSPS) is 13.1. The Hall–Kier alpha value is -2.18. The second-order valence-electron chi connectivity index (χ2n) is 4.76. The molecule has 0 bridgehead atoms. The number of carbonyl (C=O) groups is 1. The van der Waals surface area contributed by atoms with Crippen LogP contribution in [-0.2, 0) is 6.42 Å². The van der Waals surface area contributed by atoms with Gasteiger partial charge >= 0.3 is 0 Å². The zero-order valence-electron chi connectivity index (χ0n) is 12.3. The number of aryl methyl sites for hydroxylation is 2. The molecule has 0 aliphatic rings. The number of amidine groups is 1. The van der Waals surface area contributed by atoms with Gasteiger partial charge in [0.2, 0.25) is 0 Å². The molecule has 0 aliphatic carbocycles. The summed E-state index contributed by atoms with van der Waals surface area (Å²) in [5.41, 5.74) is 7.39. The summed E-state index contributed by atoms with van der Waals surface area (Å²) in [6.45, 7) is 5.56. The van der Waals surface area contributed by atoms with Crippen molar-refractivity contribution in [3.63, 3.8) is 0 Å². The summed E-state index contributed by atoms with van der Waals surface area (Å²) in [6.07, 6.45) is 0.939. The molecule has 1 rings (SSSR count). The molecule has 0 radical (unpaired) electrons. The first kappa shape index (κ1) is 15.9. The third-order valence-electron chi connectivity index (χ3n) is 3.17. The molecule has 0 fully saturated rings. The van der Waals surface area contributed by atoms with Crippen molar-refractivity contribution in [2.75, 3.05) is 7.05 Å². The lowest BCUT2D eigenvalue weighted by molar-refractivity contribution is 0.0745. The van der Waals surface area contributed by atoms with E-state index in [-0.39, 0.29) is 17.8 Å². The third kappa shape index (κ3) is 3.66. The Labute approximate surface area is 118 Å². The minimum Gasteiger partial charge on any atom is -0.409 e. The number of nitrogens with zero attached hydrogens (tertiary/aromatic N) is 4. The Balaban J connectivity index is 2.96. The van der Waals surface area contributed by atoms with E-state index >= 15 is 0 Å². The fourth-order valence-electron chi connectivity index (χ4n) is 1.83. The van der Waals surface area contributed by atoms with Crippen molar-refractivity contribution < 1.29 is 10.0 Å². The molecule has 20 heavy (non-hydrogen) atoms. The average Bonchev–Trinajstić information content (AvgIpc) is 2.45. The van der Waals surface area contributed by atoms with Crippen LogP contribution in [0.15, 0.2) is 11.2 Å². The Morgan fingerprint density at radius 1 is 1.55 bits per heavy atom. The summed E-state index contributed by atoms with van der Waals surface area (Å²) in [4.78, 5) is 14.1. The van der Waals surface area contributed by atoms with Gasteiger partial charge in [-0.05, 0) is 26.3 Å². The summed E-state index contributed by atoms with van der Waals surface area (Å²) in [5.74, 6) is -0.0463. The van der Waals surface area contributed by atoms with Gasteiger partial charge in [-0.2, -0.15) is 10.2 Å². The van der Waals surface area contributed by atoms with Crippen LogP contribution in [0.4, 0.5) is 0 Å². The van der Waals surface area contributed by atoms with Crippen molar-refractivity contribution in [1.29, 1.82) is 0 Å². The van der Waals surface area contributed by atoms with E-state index in [2.05, 4.69) is 15.4 Å². The van der Waals surface area contributed by atoms with Crippen LogP contribution in [0.5, 0.6) is 0 Å². The van der Waals surface area contributed by atoms with Gasteiger partial charge in [0.25, 0.3) is 5.91 Å². The highest BCUT2D eigenvalue weighted by Gasteiger charge is 2.21. The molecule has 0 saturated carbocycles. The maximum Gasteiger partial charge on any atom is 0.255 e. The molecule has 0 spiro atoms. The predicted molar refractivity (Wildman–Crippen MR) is 75.7 cm³/mol. The number of rotatable bonds is 5. The molecule has 1 aromatic heterocycles. The smallest absolute Gasteiger partial charge is 0.255 e. The lowest BCUT2D eigenvalue weighted by Gasteiger charge is -2.25. The highest BCUT2D eigenvalue weighted by atomic mass is 16.4. The highest BCUT2D eigenvalue weighted by Crippen LogP contribution is 2.13. The molecular weight excluding hydrogens is 258 g/mol. The number of carbonyl (C=O) groups excluding carboxylic acids is 1. The molecule has 0 aromatic carbocycles. The summed E-state index contributed by atoms with van der Waals surface area (Å²) in [7, 11) is 1.69. The molecule has 1 atom stereocenters. The maximum atomic E-state index is 12.5. The number of nitrogens with two attached hydrogens (primary N) is 1. The van der Waals surface area contributed by atoms with Crippen LogP contribution in [0.25, 0.3) is 0 Å². The minimum absolute atomic E-state index is 0.0944. The molecule has 7 nitrogen and oxygen atoms in total. The van der Waals surface area contributed by atoms with E-state index < -0.39 is 0 Å². The van der Waals surface area contributed by atoms with Gasteiger partial charge in [0.15, 0.2) is 0 Å². The van der Waals surface area contributed by atoms with Crippen LogP contribution in [-0.4, -0.2) is 45.1 Å². The van der Waals surface area contributed by atoms with E-state index in [0.717, 1.165) is 0 Å². The first-order chi connectivity index (χ1) is 9.40. The number of oxime groups is 1. The topological polar surface area (TPSA) is 105 Å². The molecule has 1 aromatic rings. The Bertz CT molecular complexity index is 515. The number of hydrogen-bond donors (Lipinski definition) is 2. The van der Waals surface area contributed by atoms with Crippen LogP contribution in [0.1, 0.15) is 42.0 Å². The molecule has 0 aliphatic heterocycles. The zero-order chi connectivity index (χ0) is 15.3. The summed E-state index contributed by atoms with van der Waals surface area (Å²) in [5, 5.41) is 19.5. The average molecular weight is 279 g/mol. The van der Waals surface area contributed by atoms with E-state index in [1.807, 2.05) is 13.8 Å². The molecule has 110 valence electrons. The monoisotopic (exact) mass is 279 g/mol. The molecule has 7 heteroatoms. The Kier molecular flexibility index (Phi) is 5.42. The first-order valence-electron chi connectivity index (χ1n) is 6.47. The van der Waals surface area contributed by atoms with Crippen LogP contribution < -0.4 is 5.73 Å². The van der Waals surface area contributed by atoms with Crippen LogP contribution >= 0.6 is 0 Å². The van der Waals surface area contributed by atoms with Gasteiger partial charge in [-0.1, -0.05) is 12.1 Å². The molecule has 1 heterocycles. The minimum atomic E-state index is -0.184. The first-order valence-corrected chi connectivity index (χ1v) is 6.47. The van der Waals surface area contributed by atoms with Gasteiger partial charge < -0.3 is 15.8 Å². The number of aromatic nitrogens is 2. The van der Waals surface area contributed by atoms with Crippen molar-refractivity contribution in [3.8, 4) is 0 Å². The molecule has 0 saturated heterocycles. The van der Waals surface area contributed by atoms with Gasteiger partial charge in [-0.25, -0.2) is 0 Å². The van der Waals surface area contributed by atoms with E-state index in [1.165, 1.54) is 0 Å². The SMILES string of the molecule is CCc1nnc(C)cc1C(=O)N(C)C(C)CC(N)=NO. The Morgan fingerprint density at radius 3 is 2.75 bits per heavy atom. The van der Waals surface area contributed by atoms with Crippen LogP contribution in [0.2, 0.25) is 0 Å². The highest BCUT2D eigenvalue weighted by molar-refractivity contribution is 5.95. The number of hydrogen-bond acceptors (Lipinski definition) is 5. The van der Waals surface area contributed by atoms with E-state index in [0.29, 0.717) is 29.8 Å². The van der Waals surface area contributed by atoms with Gasteiger partial charge in [-0.3, -0.25) is 4.79 Å². The molecule has 3 N–H and O–H groups in total. The van der Waals surface area contributed by atoms with Crippen LogP contribution in [0, 0.1) is 6.92 Å². The molecular formula is C13H21N5O2. The zero-order valence-corrected chi connectivity index (χ0v) is 12.3. The van der Waals surface area contributed by atoms with E-state index in [1.54, 1.807) is 24.9 Å². The third-order valence-corrected chi connectivity index (χ3v) is 3.17. The summed E-state index contributed by atoms with van der Waals surface area (Å²) in [6, 6.07) is 1.55. The van der Waals surface area contributed by atoms with Gasteiger partial charge in [0, 0.05) is 19.5 Å². The fourth-order valence-corrected chi connectivity index (χ4v) is 1.83. The fraction of sp³-hybridized carbons (Fsp3) is 0.538. The molecule has 1 amide bonds. The largest absolute Gasteiger partial charge is 0.409 e. The van der Waals surface area contributed by atoms with E-state index in [9.17, 15) is 4.79 Å². The summed E-state index contributed by atoms with van der Waals surface area (Å²) >= 11 is 0. The quantitative estimate of drug-likeness (QED) is 0.361. The van der Waals surface area contributed by atoms with Crippen molar-refractivity contribution in [2.45, 2.75) is 39.7 Å². The molecule has 1 unspecified atom stereocenters. The maximum absolute atomic E-state index is 12.5. The lowest BCUT2D eigenvalue weighted by Crippen LogP contribution is -2.38. The number of amides is 1. The van der Waals surface area contributed by atoms with Crippen molar-refractivity contribution in [3.05, 3.63) is 23.0 Å². The standard InChI is InChI=1S/C13H21N5O2/c1-5-11-10(6-8(2)15-16-11)13(19)18(4)9(3)7-12(14)17-20/h6,9,20H,5,7H2,1-4H3,(H2,14,17). The second-order valence-corrected chi connectivity index (χ2v) is 4.76. The second kappa shape index (κ2) is 6.83. The van der Waals surface area contributed by atoms with Gasteiger partial charge in [-0.15, -0.1) is 0 Å². The summed E-state index contributed by atoms with van der Waals surface area (Å²) < 4.78 is 0. The Morgan fingerprint density at radius 2 is 2.20 bits per heavy atom. The van der Waals surface area contributed by atoms with Gasteiger partial charge in [0.05, 0.1) is 17.0 Å². The van der Waals surface area contributed by atoms with Crippen molar-refractivity contribution in [1.82, 2.24) is 15.1 Å². The predicted octanol–water partition coefficient (Wildman–Crippen LogP) is 0.944. The van der Waals surface area contributed by atoms with E-state index in [4.69, 9.17) is 10.9 Å². The van der Waals surface area contributed by atoms with Gasteiger partial charge in [0.1, 0.15) is 5.84 Å².